The number of ether oxygens (including phenoxy) is 1. The first-order valence-electron chi connectivity index (χ1n) is 8.81. The number of amides is 1. The number of likely N-dealkylation sites (tertiary alicyclic amines) is 1. The maximum Gasteiger partial charge on any atom is 0.418 e. The van der Waals surface area contributed by atoms with Crippen molar-refractivity contribution in [2.24, 2.45) is 0 Å². The monoisotopic (exact) mass is 409 g/mol. The van der Waals surface area contributed by atoms with E-state index in [-0.39, 0.29) is 17.9 Å². The topological polar surface area (TPSA) is 81.5 Å². The maximum absolute atomic E-state index is 13.4. The van der Waals surface area contributed by atoms with Gasteiger partial charge in [-0.15, -0.1) is 0 Å². The molecule has 0 N–H and O–H groups in total. The van der Waals surface area contributed by atoms with Gasteiger partial charge in [-0.1, -0.05) is 12.1 Å². The van der Waals surface area contributed by atoms with Gasteiger partial charge in [-0.05, 0) is 31.9 Å². The van der Waals surface area contributed by atoms with Crippen molar-refractivity contribution in [3.8, 4) is 5.69 Å². The molecule has 1 saturated heterocycles. The van der Waals surface area contributed by atoms with Gasteiger partial charge in [-0.2, -0.15) is 18.3 Å². The number of alkyl halides is 3. The van der Waals surface area contributed by atoms with Crippen LogP contribution in [0.5, 0.6) is 0 Å². The van der Waals surface area contributed by atoms with E-state index >= 15 is 0 Å². The molecule has 0 saturated carbocycles. The third-order valence-electron chi connectivity index (χ3n) is 4.73. The molecular weight excluding hydrogens is 391 g/mol. The fraction of sp³-hybridized carbons (Fsp3) is 0.368. The summed E-state index contributed by atoms with van der Waals surface area (Å²) in [4.78, 5) is 38.4. The molecule has 0 radical (unpaired) electrons. The standard InChI is InChI=1S/C19H18F3N3O4/c1-11-10-15(26)16(17(27)24-9-5-8-14(24)18(28)29-2)23-25(11)13-7-4-3-6-12(13)19(20,21)22/h3-4,6-7,10,14H,5,8-9H2,1-2H3. The lowest BCUT2D eigenvalue weighted by Crippen LogP contribution is -2.43. The second kappa shape index (κ2) is 7.69. The van der Waals surface area contributed by atoms with E-state index in [1.807, 2.05) is 0 Å². The molecule has 1 aliphatic heterocycles. The van der Waals surface area contributed by atoms with Crippen LogP contribution in [-0.4, -0.2) is 46.3 Å². The van der Waals surface area contributed by atoms with Crippen molar-refractivity contribution in [2.45, 2.75) is 32.0 Å². The van der Waals surface area contributed by atoms with Gasteiger partial charge in [0.1, 0.15) is 6.04 Å². The molecule has 2 heterocycles. The second-order valence-corrected chi connectivity index (χ2v) is 6.61. The number of hydrogen-bond donors (Lipinski definition) is 0. The number of methoxy groups -OCH3 is 1. The predicted molar refractivity (Wildman–Crippen MR) is 95.6 cm³/mol. The van der Waals surface area contributed by atoms with Gasteiger partial charge in [-0.3, -0.25) is 9.59 Å². The summed E-state index contributed by atoms with van der Waals surface area (Å²) in [6.45, 7) is 1.63. The number of hydrogen-bond acceptors (Lipinski definition) is 5. The fourth-order valence-electron chi connectivity index (χ4n) is 3.36. The first-order chi connectivity index (χ1) is 13.6. The summed E-state index contributed by atoms with van der Waals surface area (Å²) in [5.41, 5.74) is -2.41. The molecule has 1 aromatic carbocycles. The van der Waals surface area contributed by atoms with Crippen LogP contribution in [0, 0.1) is 6.92 Å². The summed E-state index contributed by atoms with van der Waals surface area (Å²) >= 11 is 0. The van der Waals surface area contributed by atoms with Crippen molar-refractivity contribution in [1.82, 2.24) is 14.7 Å². The van der Waals surface area contributed by atoms with E-state index in [1.165, 1.54) is 37.1 Å². The number of aromatic nitrogens is 2. The van der Waals surface area contributed by atoms with Crippen LogP contribution < -0.4 is 5.43 Å². The number of esters is 1. The molecule has 0 bridgehead atoms. The molecule has 1 unspecified atom stereocenters. The predicted octanol–water partition coefficient (Wildman–Crippen LogP) is 2.34. The number of rotatable bonds is 3. The number of para-hydroxylation sites is 1. The van der Waals surface area contributed by atoms with E-state index in [1.54, 1.807) is 0 Å². The van der Waals surface area contributed by atoms with Gasteiger partial charge in [0.25, 0.3) is 5.91 Å². The fourth-order valence-corrected chi connectivity index (χ4v) is 3.36. The number of carbonyl (C=O) groups excluding carboxylic acids is 2. The van der Waals surface area contributed by atoms with Crippen LogP contribution in [0.15, 0.2) is 35.1 Å². The Labute approximate surface area is 163 Å². The molecule has 2 aromatic rings. The van der Waals surface area contributed by atoms with Gasteiger partial charge >= 0.3 is 12.1 Å². The molecule has 1 amide bonds. The highest BCUT2D eigenvalue weighted by atomic mass is 19.4. The Morgan fingerprint density at radius 1 is 1.24 bits per heavy atom. The third kappa shape index (κ3) is 3.87. The molecule has 29 heavy (non-hydrogen) atoms. The lowest BCUT2D eigenvalue weighted by Gasteiger charge is -2.22. The summed E-state index contributed by atoms with van der Waals surface area (Å²) in [6.07, 6.45) is -3.75. The van der Waals surface area contributed by atoms with E-state index in [0.717, 1.165) is 16.8 Å². The van der Waals surface area contributed by atoms with Crippen molar-refractivity contribution in [3.05, 3.63) is 57.5 Å². The molecule has 154 valence electrons. The summed E-state index contributed by atoms with van der Waals surface area (Å²) in [5, 5.41) is 3.94. The first-order valence-corrected chi connectivity index (χ1v) is 8.81. The number of aryl methyl sites for hydroxylation is 1. The second-order valence-electron chi connectivity index (χ2n) is 6.61. The highest BCUT2D eigenvalue weighted by Crippen LogP contribution is 2.33. The molecule has 0 aliphatic carbocycles. The number of nitrogens with zero attached hydrogens (tertiary/aromatic N) is 3. The first kappa shape index (κ1) is 20.6. The summed E-state index contributed by atoms with van der Waals surface area (Å²) in [6, 6.07) is 4.93. The molecular formula is C19H18F3N3O4. The van der Waals surface area contributed by atoms with Crippen LogP contribution in [0.4, 0.5) is 13.2 Å². The van der Waals surface area contributed by atoms with Gasteiger partial charge in [0.2, 0.25) is 5.43 Å². The zero-order chi connectivity index (χ0) is 21.3. The van der Waals surface area contributed by atoms with Gasteiger partial charge in [0.05, 0.1) is 18.4 Å². The molecule has 0 spiro atoms. The van der Waals surface area contributed by atoms with Crippen LogP contribution in [0.1, 0.15) is 34.6 Å². The Bertz CT molecular complexity index is 1020. The normalized spacial score (nSPS) is 16.7. The van der Waals surface area contributed by atoms with Crippen LogP contribution in [0.2, 0.25) is 0 Å². The minimum Gasteiger partial charge on any atom is -0.467 e. The summed E-state index contributed by atoms with van der Waals surface area (Å²) in [7, 11) is 1.19. The number of carbonyl (C=O) groups is 2. The van der Waals surface area contributed by atoms with E-state index in [4.69, 9.17) is 0 Å². The quantitative estimate of drug-likeness (QED) is 0.727. The molecule has 1 aliphatic rings. The Hall–Kier alpha value is -3.17. The lowest BCUT2D eigenvalue weighted by atomic mass is 10.1. The van der Waals surface area contributed by atoms with Crippen molar-refractivity contribution in [2.75, 3.05) is 13.7 Å². The Morgan fingerprint density at radius 2 is 1.93 bits per heavy atom. The molecule has 7 nitrogen and oxygen atoms in total. The maximum atomic E-state index is 13.4. The average molecular weight is 409 g/mol. The highest BCUT2D eigenvalue weighted by Gasteiger charge is 2.38. The smallest absolute Gasteiger partial charge is 0.418 e. The average Bonchev–Trinajstić information content (AvgIpc) is 3.16. The Kier molecular flexibility index (Phi) is 5.45. The van der Waals surface area contributed by atoms with Crippen LogP contribution in [-0.2, 0) is 15.7 Å². The number of halogens is 3. The van der Waals surface area contributed by atoms with Crippen molar-refractivity contribution in [3.63, 3.8) is 0 Å². The molecule has 1 fully saturated rings. The zero-order valence-electron chi connectivity index (χ0n) is 15.7. The minimum atomic E-state index is -4.65. The SMILES string of the molecule is COC(=O)C1CCCN1C(=O)c1nn(-c2ccccc2C(F)(F)F)c(C)cc1=O. The third-order valence-corrected chi connectivity index (χ3v) is 4.73. The summed E-state index contributed by atoms with van der Waals surface area (Å²) in [5.74, 6) is -1.44. The Balaban J connectivity index is 2.10. The molecule has 10 heteroatoms. The van der Waals surface area contributed by atoms with E-state index in [9.17, 15) is 27.6 Å². The van der Waals surface area contributed by atoms with Gasteiger partial charge < -0.3 is 9.64 Å². The largest absolute Gasteiger partial charge is 0.467 e. The van der Waals surface area contributed by atoms with E-state index < -0.39 is 40.8 Å². The van der Waals surface area contributed by atoms with Crippen LogP contribution in [0.3, 0.4) is 0 Å². The lowest BCUT2D eigenvalue weighted by molar-refractivity contribution is -0.145. The van der Waals surface area contributed by atoms with Gasteiger partial charge in [0.15, 0.2) is 5.69 Å². The van der Waals surface area contributed by atoms with Crippen molar-refractivity contribution < 1.29 is 27.5 Å². The highest BCUT2D eigenvalue weighted by molar-refractivity contribution is 5.95. The minimum absolute atomic E-state index is 0.134. The van der Waals surface area contributed by atoms with Crippen molar-refractivity contribution >= 4 is 11.9 Å². The van der Waals surface area contributed by atoms with Gasteiger partial charge in [0, 0.05) is 18.3 Å². The van der Waals surface area contributed by atoms with E-state index in [0.29, 0.717) is 12.8 Å². The van der Waals surface area contributed by atoms with Crippen LogP contribution in [0.25, 0.3) is 5.69 Å². The Morgan fingerprint density at radius 3 is 2.59 bits per heavy atom. The zero-order valence-corrected chi connectivity index (χ0v) is 15.7. The summed E-state index contributed by atoms with van der Waals surface area (Å²) < 4.78 is 45.8. The van der Waals surface area contributed by atoms with Crippen molar-refractivity contribution in [1.29, 1.82) is 0 Å². The van der Waals surface area contributed by atoms with E-state index in [2.05, 4.69) is 9.84 Å². The molecule has 1 atom stereocenters. The van der Waals surface area contributed by atoms with Gasteiger partial charge in [-0.25, -0.2) is 9.48 Å². The molecule has 1 aromatic heterocycles. The molecule has 3 rings (SSSR count). The van der Waals surface area contributed by atoms with Crippen LogP contribution >= 0.6 is 0 Å². The number of benzene rings is 1.